The molecule has 0 radical (unpaired) electrons. The second-order valence-electron chi connectivity index (χ2n) is 8.52. The maximum absolute atomic E-state index is 13.4. The molecule has 0 aliphatic carbocycles. The summed E-state index contributed by atoms with van der Waals surface area (Å²) in [6.07, 6.45) is -0.616. The number of carbonyl (C=O) groups excluding carboxylic acids is 3. The first-order valence-corrected chi connectivity index (χ1v) is 13.4. The van der Waals surface area contributed by atoms with E-state index in [9.17, 15) is 14.4 Å². The van der Waals surface area contributed by atoms with Gasteiger partial charge in [-0.1, -0.05) is 60.7 Å². The Morgan fingerprint density at radius 2 is 1.69 bits per heavy atom. The van der Waals surface area contributed by atoms with E-state index in [0.717, 1.165) is 16.1 Å². The van der Waals surface area contributed by atoms with Crippen molar-refractivity contribution in [3.8, 4) is 0 Å². The standard InChI is InChI=1S/C26H23ClN2O4S2/c1-17(30)29(20-13-8-14-34-20)21-23(31)28-15-26(27,16-35-24(21)28)25(32)33-22(18-9-4-2-5-10-18)19-11-6-3-7-12-19/h2-14,21-22,24H,15-16H2,1H3/t21?,24-,26?/m1/s1. The smallest absolute Gasteiger partial charge is 0.330 e. The summed E-state index contributed by atoms with van der Waals surface area (Å²) < 4.78 is 5.99. The van der Waals surface area contributed by atoms with Gasteiger partial charge in [0.15, 0.2) is 11.0 Å². The van der Waals surface area contributed by atoms with Crippen LogP contribution in [0.3, 0.4) is 0 Å². The van der Waals surface area contributed by atoms with Crippen molar-refractivity contribution in [3.63, 3.8) is 0 Å². The molecule has 180 valence electrons. The summed E-state index contributed by atoms with van der Waals surface area (Å²) >= 11 is 9.64. The number of hydrogen-bond donors (Lipinski definition) is 0. The highest BCUT2D eigenvalue weighted by Crippen LogP contribution is 2.45. The first-order chi connectivity index (χ1) is 16.9. The summed E-state index contributed by atoms with van der Waals surface area (Å²) in [5.41, 5.74) is 1.67. The highest BCUT2D eigenvalue weighted by atomic mass is 35.5. The van der Waals surface area contributed by atoms with Gasteiger partial charge in [0.05, 0.1) is 11.5 Å². The number of thioether (sulfide) groups is 1. The molecule has 3 atom stereocenters. The molecular weight excluding hydrogens is 504 g/mol. The third-order valence-corrected chi connectivity index (χ3v) is 9.12. The van der Waals surface area contributed by atoms with E-state index in [1.807, 2.05) is 78.2 Å². The Morgan fingerprint density at radius 3 is 2.23 bits per heavy atom. The van der Waals surface area contributed by atoms with Gasteiger partial charge in [0.2, 0.25) is 11.8 Å². The van der Waals surface area contributed by atoms with Gasteiger partial charge in [-0.3, -0.25) is 19.3 Å². The van der Waals surface area contributed by atoms with Crippen LogP contribution < -0.4 is 4.90 Å². The molecule has 2 fully saturated rings. The molecule has 2 saturated heterocycles. The molecule has 2 unspecified atom stereocenters. The molecule has 1 aromatic heterocycles. The monoisotopic (exact) mass is 526 g/mol. The fourth-order valence-corrected chi connectivity index (χ4v) is 7.04. The van der Waals surface area contributed by atoms with Crippen LogP contribution in [0, 0.1) is 0 Å². The first-order valence-electron chi connectivity index (χ1n) is 11.1. The molecule has 3 aromatic rings. The lowest BCUT2D eigenvalue weighted by Gasteiger charge is -2.55. The number of ether oxygens (including phenoxy) is 1. The Bertz CT molecular complexity index is 1190. The Balaban J connectivity index is 1.33. The number of alkyl halides is 1. The third-order valence-electron chi connectivity index (χ3n) is 6.17. The normalized spacial score (nSPS) is 23.4. The van der Waals surface area contributed by atoms with Crippen LogP contribution in [0.1, 0.15) is 24.2 Å². The van der Waals surface area contributed by atoms with Crippen molar-refractivity contribution in [1.29, 1.82) is 0 Å². The highest BCUT2D eigenvalue weighted by molar-refractivity contribution is 8.00. The van der Waals surface area contributed by atoms with E-state index in [2.05, 4.69) is 0 Å². The van der Waals surface area contributed by atoms with Crippen molar-refractivity contribution in [3.05, 3.63) is 89.3 Å². The van der Waals surface area contributed by atoms with Crippen molar-refractivity contribution >= 4 is 57.5 Å². The zero-order valence-corrected chi connectivity index (χ0v) is 21.3. The molecule has 5 rings (SSSR count). The molecule has 0 spiro atoms. The number of rotatable bonds is 6. The number of hydrogen-bond acceptors (Lipinski definition) is 6. The van der Waals surface area contributed by atoms with Crippen molar-refractivity contribution in [2.75, 3.05) is 17.2 Å². The van der Waals surface area contributed by atoms with Crippen LogP contribution in [0.2, 0.25) is 0 Å². The van der Waals surface area contributed by atoms with Crippen molar-refractivity contribution in [1.82, 2.24) is 4.90 Å². The summed E-state index contributed by atoms with van der Waals surface area (Å²) in [6, 6.07) is 22.1. The lowest BCUT2D eigenvalue weighted by atomic mass is 9.99. The average molecular weight is 527 g/mol. The van der Waals surface area contributed by atoms with Gasteiger partial charge in [0.1, 0.15) is 11.4 Å². The average Bonchev–Trinajstić information content (AvgIpc) is 3.41. The van der Waals surface area contributed by atoms with E-state index < -0.39 is 23.0 Å². The predicted molar refractivity (Wildman–Crippen MR) is 139 cm³/mol. The number of fused-ring (bicyclic) bond motifs is 1. The fraction of sp³-hybridized carbons (Fsp3) is 0.269. The predicted octanol–water partition coefficient (Wildman–Crippen LogP) is 4.70. The molecular formula is C26H23ClN2O4S2. The molecule has 6 nitrogen and oxygen atoms in total. The molecule has 0 N–H and O–H groups in total. The minimum atomic E-state index is -1.38. The molecule has 2 aliphatic rings. The maximum Gasteiger partial charge on any atom is 0.330 e. The third kappa shape index (κ3) is 4.46. The maximum atomic E-state index is 13.4. The molecule has 35 heavy (non-hydrogen) atoms. The zero-order valence-electron chi connectivity index (χ0n) is 18.9. The number of thiophene rings is 1. The number of halogens is 1. The van der Waals surface area contributed by atoms with Gasteiger partial charge in [-0.2, -0.15) is 0 Å². The molecule has 0 saturated carbocycles. The van der Waals surface area contributed by atoms with Gasteiger partial charge in [0, 0.05) is 12.7 Å². The van der Waals surface area contributed by atoms with Crippen molar-refractivity contribution < 1.29 is 19.1 Å². The van der Waals surface area contributed by atoms with Gasteiger partial charge < -0.3 is 9.64 Å². The van der Waals surface area contributed by atoms with Crippen LogP contribution in [-0.2, 0) is 19.1 Å². The van der Waals surface area contributed by atoms with Crippen LogP contribution in [-0.4, -0.2) is 51.3 Å². The number of anilines is 1. The number of β-lactam (4-membered cyclic amide) rings is 1. The van der Waals surface area contributed by atoms with E-state index in [0.29, 0.717) is 0 Å². The summed E-state index contributed by atoms with van der Waals surface area (Å²) in [5.74, 6) is -0.709. The highest BCUT2D eigenvalue weighted by Gasteiger charge is 2.59. The van der Waals surface area contributed by atoms with Crippen LogP contribution >= 0.6 is 34.7 Å². The Labute approximate surface area is 216 Å². The van der Waals surface area contributed by atoms with Gasteiger partial charge in [-0.15, -0.1) is 34.7 Å². The lowest BCUT2D eigenvalue weighted by Crippen LogP contribution is -2.75. The second kappa shape index (κ2) is 9.68. The number of nitrogens with zero attached hydrogens (tertiary/aromatic N) is 2. The van der Waals surface area contributed by atoms with Gasteiger partial charge >= 0.3 is 5.97 Å². The van der Waals surface area contributed by atoms with E-state index in [1.54, 1.807) is 9.80 Å². The Kier molecular flexibility index (Phi) is 6.61. The molecule has 2 aromatic carbocycles. The Morgan fingerprint density at radius 1 is 1.06 bits per heavy atom. The van der Waals surface area contributed by atoms with E-state index in [4.69, 9.17) is 16.3 Å². The van der Waals surface area contributed by atoms with Crippen LogP contribution in [0.5, 0.6) is 0 Å². The van der Waals surface area contributed by atoms with E-state index in [-0.39, 0.29) is 29.5 Å². The van der Waals surface area contributed by atoms with E-state index in [1.165, 1.54) is 30.0 Å². The summed E-state index contributed by atoms with van der Waals surface area (Å²) in [5, 5.41) is 2.34. The number of amides is 2. The number of benzene rings is 2. The van der Waals surface area contributed by atoms with Gasteiger partial charge in [-0.25, -0.2) is 0 Å². The molecule has 9 heteroatoms. The molecule has 2 amide bonds. The summed E-state index contributed by atoms with van der Waals surface area (Å²) in [6.45, 7) is 1.49. The quantitative estimate of drug-likeness (QED) is 0.265. The summed E-state index contributed by atoms with van der Waals surface area (Å²) in [4.78, 5) is 40.6. The van der Waals surface area contributed by atoms with Crippen molar-refractivity contribution in [2.24, 2.45) is 0 Å². The first kappa shape index (κ1) is 23.9. The van der Waals surface area contributed by atoms with Crippen LogP contribution in [0.4, 0.5) is 5.00 Å². The van der Waals surface area contributed by atoms with E-state index >= 15 is 0 Å². The minimum Gasteiger partial charge on any atom is -0.451 e. The lowest BCUT2D eigenvalue weighted by molar-refractivity contribution is -0.155. The molecule has 3 heterocycles. The number of esters is 1. The fourth-order valence-electron chi connectivity index (χ4n) is 4.44. The Hall–Kier alpha value is -2.81. The molecule has 0 bridgehead atoms. The largest absolute Gasteiger partial charge is 0.451 e. The topological polar surface area (TPSA) is 66.9 Å². The van der Waals surface area contributed by atoms with Crippen LogP contribution in [0.25, 0.3) is 0 Å². The van der Waals surface area contributed by atoms with Crippen LogP contribution in [0.15, 0.2) is 78.2 Å². The minimum absolute atomic E-state index is 0.0346. The van der Waals surface area contributed by atoms with Crippen molar-refractivity contribution in [2.45, 2.75) is 29.3 Å². The second-order valence-corrected chi connectivity index (χ2v) is 11.3. The SMILES string of the molecule is CC(=O)N(c1cccs1)C1C(=O)N2CC(Cl)(C(=O)OC(c3ccccc3)c3ccccc3)CS[C@H]12. The number of carbonyl (C=O) groups is 3. The summed E-state index contributed by atoms with van der Waals surface area (Å²) in [7, 11) is 0. The van der Waals surface area contributed by atoms with Gasteiger partial charge in [-0.05, 0) is 28.6 Å². The van der Waals surface area contributed by atoms with Gasteiger partial charge in [0.25, 0.3) is 0 Å². The molecule has 2 aliphatic heterocycles. The zero-order chi connectivity index (χ0) is 24.6.